The molecule has 4 rings (SSSR count). The highest BCUT2D eigenvalue weighted by Crippen LogP contribution is 2.49. The monoisotopic (exact) mass is 461 g/mol. The van der Waals surface area contributed by atoms with Crippen molar-refractivity contribution in [2.24, 2.45) is 10.7 Å². The number of thioether (sulfide) groups is 1. The molecule has 1 aromatic heterocycles. The van der Waals surface area contributed by atoms with Crippen molar-refractivity contribution in [2.75, 3.05) is 7.05 Å². The molecule has 0 fully saturated rings. The molecule has 0 bridgehead atoms. The third kappa shape index (κ3) is 4.33. The van der Waals surface area contributed by atoms with Crippen LogP contribution in [0.5, 0.6) is 5.75 Å². The second-order valence-electron chi connectivity index (χ2n) is 8.78. The van der Waals surface area contributed by atoms with Crippen LogP contribution in [0.25, 0.3) is 5.57 Å². The van der Waals surface area contributed by atoms with Crippen LogP contribution in [0.3, 0.4) is 0 Å². The quantitative estimate of drug-likeness (QED) is 0.724. The minimum Gasteiger partial charge on any atom is -0.489 e. The van der Waals surface area contributed by atoms with Crippen molar-refractivity contribution >= 4 is 29.2 Å². The Bertz CT molecular complexity index is 1170. The Morgan fingerprint density at radius 2 is 2.12 bits per heavy atom. The zero-order valence-corrected chi connectivity index (χ0v) is 20.0. The fourth-order valence-electron chi connectivity index (χ4n) is 4.31. The van der Waals surface area contributed by atoms with Crippen molar-refractivity contribution in [3.63, 3.8) is 0 Å². The molecule has 0 radical (unpaired) electrons. The van der Waals surface area contributed by atoms with Crippen LogP contribution in [-0.2, 0) is 4.79 Å². The van der Waals surface area contributed by atoms with Gasteiger partial charge in [0.2, 0.25) is 5.91 Å². The number of carbonyl (C=O) groups is 1. The van der Waals surface area contributed by atoms with Gasteiger partial charge in [-0.15, -0.1) is 11.8 Å². The lowest BCUT2D eigenvalue weighted by Gasteiger charge is -2.43. The van der Waals surface area contributed by atoms with E-state index in [9.17, 15) is 10.1 Å². The van der Waals surface area contributed by atoms with Crippen molar-refractivity contribution in [2.45, 2.75) is 50.0 Å². The van der Waals surface area contributed by atoms with Gasteiger partial charge in [-0.2, -0.15) is 5.26 Å². The number of benzene rings is 1. The summed E-state index contributed by atoms with van der Waals surface area (Å²) in [5.41, 5.74) is 8.76. The number of hydrogen-bond acceptors (Lipinski definition) is 7. The number of aromatic nitrogens is 1. The first-order valence-corrected chi connectivity index (χ1v) is 11.8. The van der Waals surface area contributed by atoms with Gasteiger partial charge in [0, 0.05) is 12.3 Å². The van der Waals surface area contributed by atoms with E-state index < -0.39 is 11.5 Å². The summed E-state index contributed by atoms with van der Waals surface area (Å²) >= 11 is 1.65. The van der Waals surface area contributed by atoms with Crippen molar-refractivity contribution in [3.05, 3.63) is 64.8 Å². The third-order valence-electron chi connectivity index (χ3n) is 6.08. The Labute approximate surface area is 198 Å². The van der Waals surface area contributed by atoms with E-state index in [0.29, 0.717) is 23.4 Å². The number of rotatable bonds is 5. The van der Waals surface area contributed by atoms with Crippen molar-refractivity contribution < 1.29 is 9.53 Å². The van der Waals surface area contributed by atoms with Gasteiger partial charge in [-0.05, 0) is 68.0 Å². The Balaban J connectivity index is 1.67. The van der Waals surface area contributed by atoms with Crippen molar-refractivity contribution in [1.82, 2.24) is 9.88 Å². The molecule has 8 heteroatoms. The summed E-state index contributed by atoms with van der Waals surface area (Å²) in [5.74, 6) is 0.153. The molecule has 2 aromatic rings. The largest absolute Gasteiger partial charge is 0.489 e. The average Bonchev–Trinajstić information content (AvgIpc) is 3.30. The van der Waals surface area contributed by atoms with Gasteiger partial charge in [0.1, 0.15) is 11.7 Å². The van der Waals surface area contributed by atoms with Gasteiger partial charge in [-0.3, -0.25) is 14.7 Å². The molecule has 3 atom stereocenters. The number of aliphatic imine (C=N–C) groups is 1. The lowest BCUT2D eigenvalue weighted by Crippen LogP contribution is -2.57. The lowest BCUT2D eigenvalue weighted by atomic mass is 9.76. The number of likely N-dealkylation sites (N-methyl/N-ethyl adjacent to an activating group) is 1. The molecule has 0 saturated carbocycles. The number of nitrogens with zero attached hydrogens (tertiary/aromatic N) is 4. The van der Waals surface area contributed by atoms with Gasteiger partial charge in [0.05, 0.1) is 35.2 Å². The number of carbonyl (C=O) groups excluding carboxylic acids is 1. The van der Waals surface area contributed by atoms with Gasteiger partial charge in [-0.25, -0.2) is 4.99 Å². The number of pyridine rings is 1. The maximum absolute atomic E-state index is 13.4. The fourth-order valence-corrected chi connectivity index (χ4v) is 5.61. The van der Waals surface area contributed by atoms with E-state index in [1.807, 2.05) is 51.1 Å². The molecule has 33 heavy (non-hydrogen) atoms. The second kappa shape index (κ2) is 8.91. The Morgan fingerprint density at radius 1 is 1.33 bits per heavy atom. The predicted octanol–water partition coefficient (Wildman–Crippen LogP) is 3.92. The molecule has 2 aliphatic rings. The molecule has 2 aliphatic heterocycles. The Kier molecular flexibility index (Phi) is 6.17. The average molecular weight is 462 g/mol. The van der Waals surface area contributed by atoms with Gasteiger partial charge in [-0.1, -0.05) is 12.1 Å². The molecule has 2 N–H and O–H groups in total. The summed E-state index contributed by atoms with van der Waals surface area (Å²) < 4.78 is 5.71. The summed E-state index contributed by atoms with van der Waals surface area (Å²) in [4.78, 5) is 24.3. The second-order valence-corrected chi connectivity index (χ2v) is 9.85. The molecule has 1 amide bonds. The SMILES string of the molecule is CC(C)Oc1ccc([C@@H]2C(=O)N(C)C(N)=N[C@]2(C)C2CC(c3cccc(C#N)c3)=CS2)nc1. The van der Waals surface area contributed by atoms with Crippen LogP contribution >= 0.6 is 11.8 Å². The predicted molar refractivity (Wildman–Crippen MR) is 131 cm³/mol. The summed E-state index contributed by atoms with van der Waals surface area (Å²) in [6, 6.07) is 13.4. The van der Waals surface area contributed by atoms with E-state index in [0.717, 1.165) is 11.1 Å². The number of nitrogens with two attached hydrogens (primary N) is 1. The highest BCUT2D eigenvalue weighted by Gasteiger charge is 2.52. The fraction of sp³-hybridized carbons (Fsp3) is 0.360. The maximum Gasteiger partial charge on any atom is 0.240 e. The zero-order valence-electron chi connectivity index (χ0n) is 19.1. The molecule has 1 aromatic carbocycles. The molecule has 3 heterocycles. The topological polar surface area (TPSA) is 105 Å². The van der Waals surface area contributed by atoms with Gasteiger partial charge in [0.25, 0.3) is 0 Å². The van der Waals surface area contributed by atoms with E-state index >= 15 is 0 Å². The third-order valence-corrected chi connectivity index (χ3v) is 7.48. The standard InChI is InChI=1S/C25H27N5O2S/c1-15(2)32-19-8-9-20(28-13-19)22-23(31)30(4)24(27)29-25(22,3)21-11-18(14-33-21)17-7-5-6-16(10-17)12-26/h5-10,13-15,21-22H,11H2,1-4H3,(H2,27,29)/t21?,22-,25-/m1/s1. The molecule has 7 nitrogen and oxygen atoms in total. The normalized spacial score (nSPS) is 25.0. The minimum atomic E-state index is -0.795. The number of ether oxygens (including phenoxy) is 1. The summed E-state index contributed by atoms with van der Waals surface area (Å²) in [7, 11) is 1.64. The van der Waals surface area contributed by atoms with E-state index in [-0.39, 0.29) is 23.2 Å². The first-order chi connectivity index (χ1) is 15.7. The number of amides is 1. The van der Waals surface area contributed by atoms with E-state index in [4.69, 9.17) is 15.5 Å². The Hall–Kier alpha value is -3.31. The molecule has 0 saturated heterocycles. The highest BCUT2D eigenvalue weighted by atomic mass is 32.2. The van der Waals surface area contributed by atoms with Crippen LogP contribution in [-0.4, -0.2) is 45.7 Å². The minimum absolute atomic E-state index is 0.0205. The summed E-state index contributed by atoms with van der Waals surface area (Å²) in [5, 5.41) is 11.3. The van der Waals surface area contributed by atoms with E-state index in [1.165, 1.54) is 4.90 Å². The summed E-state index contributed by atoms with van der Waals surface area (Å²) in [6.07, 6.45) is 2.40. The highest BCUT2D eigenvalue weighted by molar-refractivity contribution is 8.03. The first-order valence-electron chi connectivity index (χ1n) is 10.8. The number of guanidine groups is 1. The molecule has 0 aliphatic carbocycles. The van der Waals surface area contributed by atoms with E-state index in [1.54, 1.807) is 31.1 Å². The van der Waals surface area contributed by atoms with Crippen LogP contribution in [0.1, 0.15) is 49.9 Å². The van der Waals surface area contributed by atoms with E-state index in [2.05, 4.69) is 16.5 Å². The van der Waals surface area contributed by atoms with Crippen LogP contribution in [0.4, 0.5) is 0 Å². The maximum atomic E-state index is 13.4. The van der Waals surface area contributed by atoms with Gasteiger partial charge < -0.3 is 10.5 Å². The smallest absolute Gasteiger partial charge is 0.240 e. The molecular formula is C25H27N5O2S. The van der Waals surface area contributed by atoms with Gasteiger partial charge >= 0.3 is 0 Å². The van der Waals surface area contributed by atoms with Crippen LogP contribution in [0.15, 0.2) is 53.0 Å². The van der Waals surface area contributed by atoms with Crippen LogP contribution < -0.4 is 10.5 Å². The first kappa shape index (κ1) is 22.9. The molecule has 170 valence electrons. The van der Waals surface area contributed by atoms with Crippen molar-refractivity contribution in [1.29, 1.82) is 5.26 Å². The zero-order chi connectivity index (χ0) is 23.8. The van der Waals surface area contributed by atoms with Crippen LogP contribution in [0, 0.1) is 11.3 Å². The molecular weight excluding hydrogens is 434 g/mol. The lowest BCUT2D eigenvalue weighted by molar-refractivity contribution is -0.130. The van der Waals surface area contributed by atoms with Crippen molar-refractivity contribution in [3.8, 4) is 11.8 Å². The number of hydrogen-bond donors (Lipinski definition) is 1. The molecule has 0 spiro atoms. The molecule has 1 unspecified atom stereocenters. The van der Waals surface area contributed by atoms with Crippen LogP contribution in [0.2, 0.25) is 0 Å². The number of nitriles is 1. The summed E-state index contributed by atoms with van der Waals surface area (Å²) in [6.45, 7) is 5.89. The number of allylic oxidation sites excluding steroid dienone is 1. The Morgan fingerprint density at radius 3 is 2.79 bits per heavy atom. The van der Waals surface area contributed by atoms with Gasteiger partial charge in [0.15, 0.2) is 5.96 Å².